The summed E-state index contributed by atoms with van der Waals surface area (Å²) in [5, 5.41) is 8.63. The van der Waals surface area contributed by atoms with Crippen LogP contribution in [0.2, 0.25) is 0 Å². The highest BCUT2D eigenvalue weighted by Gasteiger charge is 2.13. The van der Waals surface area contributed by atoms with Crippen LogP contribution in [0.3, 0.4) is 0 Å². The number of benzene rings is 1. The molecule has 108 valence electrons. The molecule has 1 rings (SSSR count). The smallest absolute Gasteiger partial charge is 0.240 e. The van der Waals surface area contributed by atoms with Gasteiger partial charge in [0.1, 0.15) is 5.75 Å². The second-order valence-electron chi connectivity index (χ2n) is 4.64. The molecule has 2 N–H and O–H groups in total. The van der Waals surface area contributed by atoms with Gasteiger partial charge in [0, 0.05) is 19.6 Å². The average molecular weight is 287 g/mol. The van der Waals surface area contributed by atoms with Crippen LogP contribution < -0.4 is 9.46 Å². The Morgan fingerprint density at radius 3 is 2.42 bits per heavy atom. The predicted octanol–water partition coefficient (Wildman–Crippen LogP) is 1.38. The SMILES string of the molecule is CC(C)CNS(=O)(=O)c1ccc(OCCCO)cc1. The lowest BCUT2D eigenvalue weighted by atomic mass is 10.2. The Kier molecular flexibility index (Phi) is 6.27. The van der Waals surface area contributed by atoms with Crippen molar-refractivity contribution in [1.82, 2.24) is 4.72 Å². The second-order valence-corrected chi connectivity index (χ2v) is 6.41. The molecule has 5 nitrogen and oxygen atoms in total. The molecule has 0 bridgehead atoms. The minimum absolute atomic E-state index is 0.0750. The number of hydrogen-bond donors (Lipinski definition) is 2. The monoisotopic (exact) mass is 287 g/mol. The van der Waals surface area contributed by atoms with Gasteiger partial charge in [-0.15, -0.1) is 0 Å². The van der Waals surface area contributed by atoms with Crippen molar-refractivity contribution in [3.05, 3.63) is 24.3 Å². The molecule has 0 fully saturated rings. The third kappa shape index (κ3) is 5.59. The summed E-state index contributed by atoms with van der Waals surface area (Å²) in [6.07, 6.45) is 0.552. The minimum Gasteiger partial charge on any atom is -0.494 e. The van der Waals surface area contributed by atoms with Crippen molar-refractivity contribution in [3.8, 4) is 5.75 Å². The Morgan fingerprint density at radius 1 is 1.26 bits per heavy atom. The van der Waals surface area contributed by atoms with Crippen LogP contribution in [-0.2, 0) is 10.0 Å². The van der Waals surface area contributed by atoms with Crippen molar-refractivity contribution in [2.75, 3.05) is 19.8 Å². The van der Waals surface area contributed by atoms with Crippen LogP contribution in [0.4, 0.5) is 0 Å². The zero-order valence-corrected chi connectivity index (χ0v) is 12.1. The summed E-state index contributed by atoms with van der Waals surface area (Å²) in [6.45, 7) is 4.79. The Balaban J connectivity index is 2.64. The number of aliphatic hydroxyl groups is 1. The quantitative estimate of drug-likeness (QED) is 0.708. The Labute approximate surface area is 114 Å². The van der Waals surface area contributed by atoms with Gasteiger partial charge in [0.15, 0.2) is 0 Å². The molecule has 0 radical (unpaired) electrons. The van der Waals surface area contributed by atoms with Gasteiger partial charge >= 0.3 is 0 Å². The number of rotatable bonds is 8. The van der Waals surface area contributed by atoms with Crippen molar-refractivity contribution in [1.29, 1.82) is 0 Å². The summed E-state index contributed by atoms with van der Waals surface area (Å²) in [6, 6.07) is 6.25. The third-order valence-electron chi connectivity index (χ3n) is 2.39. The van der Waals surface area contributed by atoms with Gasteiger partial charge < -0.3 is 9.84 Å². The lowest BCUT2D eigenvalue weighted by Crippen LogP contribution is -2.27. The van der Waals surface area contributed by atoms with Gasteiger partial charge in [-0.2, -0.15) is 0 Å². The lowest BCUT2D eigenvalue weighted by molar-refractivity contribution is 0.233. The van der Waals surface area contributed by atoms with E-state index in [1.807, 2.05) is 13.8 Å². The van der Waals surface area contributed by atoms with E-state index in [9.17, 15) is 8.42 Å². The largest absolute Gasteiger partial charge is 0.494 e. The van der Waals surface area contributed by atoms with E-state index in [0.29, 0.717) is 25.3 Å². The zero-order valence-electron chi connectivity index (χ0n) is 11.3. The van der Waals surface area contributed by atoms with Crippen molar-refractivity contribution in [3.63, 3.8) is 0 Å². The van der Waals surface area contributed by atoms with Gasteiger partial charge in [0.2, 0.25) is 10.0 Å². The Morgan fingerprint density at radius 2 is 1.89 bits per heavy atom. The summed E-state index contributed by atoms with van der Waals surface area (Å²) in [5.74, 6) is 0.854. The molecule has 0 aliphatic heterocycles. The number of sulfonamides is 1. The van der Waals surface area contributed by atoms with Crippen molar-refractivity contribution >= 4 is 10.0 Å². The van der Waals surface area contributed by atoms with E-state index in [1.54, 1.807) is 12.1 Å². The van der Waals surface area contributed by atoms with Gasteiger partial charge in [-0.1, -0.05) is 13.8 Å². The van der Waals surface area contributed by atoms with Crippen LogP contribution >= 0.6 is 0 Å². The maximum absolute atomic E-state index is 11.9. The first-order valence-electron chi connectivity index (χ1n) is 6.29. The lowest BCUT2D eigenvalue weighted by Gasteiger charge is -2.10. The number of ether oxygens (including phenoxy) is 1. The minimum atomic E-state index is -3.44. The fourth-order valence-corrected chi connectivity index (χ4v) is 2.54. The fourth-order valence-electron chi connectivity index (χ4n) is 1.33. The van der Waals surface area contributed by atoms with Crippen LogP contribution in [0.5, 0.6) is 5.75 Å². The molecule has 0 aromatic heterocycles. The van der Waals surface area contributed by atoms with Crippen LogP contribution in [0, 0.1) is 5.92 Å². The molecule has 19 heavy (non-hydrogen) atoms. The van der Waals surface area contributed by atoms with Crippen LogP contribution in [0.25, 0.3) is 0 Å². The predicted molar refractivity (Wildman–Crippen MR) is 73.7 cm³/mol. The highest BCUT2D eigenvalue weighted by atomic mass is 32.2. The van der Waals surface area contributed by atoms with Crippen LogP contribution in [0.15, 0.2) is 29.2 Å². The molecule has 1 aromatic carbocycles. The Bertz CT molecular complexity index is 468. The van der Waals surface area contributed by atoms with Crippen molar-refractivity contribution in [2.45, 2.75) is 25.2 Å². The number of aliphatic hydroxyl groups excluding tert-OH is 1. The molecule has 0 unspecified atom stereocenters. The highest BCUT2D eigenvalue weighted by Crippen LogP contribution is 2.16. The van der Waals surface area contributed by atoms with Gasteiger partial charge in [0.05, 0.1) is 11.5 Å². The molecule has 0 atom stereocenters. The topological polar surface area (TPSA) is 75.6 Å². The first kappa shape index (κ1) is 15.9. The molecule has 0 saturated carbocycles. The van der Waals surface area contributed by atoms with E-state index in [4.69, 9.17) is 9.84 Å². The first-order valence-corrected chi connectivity index (χ1v) is 7.77. The van der Waals surface area contributed by atoms with E-state index in [2.05, 4.69) is 4.72 Å². The van der Waals surface area contributed by atoms with E-state index >= 15 is 0 Å². The normalized spacial score (nSPS) is 11.8. The first-order chi connectivity index (χ1) is 8.95. The maximum Gasteiger partial charge on any atom is 0.240 e. The van der Waals surface area contributed by atoms with Crippen molar-refractivity contribution in [2.24, 2.45) is 5.92 Å². The number of nitrogens with one attached hydrogen (secondary N) is 1. The molecular formula is C13H21NO4S. The standard InChI is InChI=1S/C13H21NO4S/c1-11(2)10-14-19(16,17)13-6-4-12(5-7-13)18-9-3-8-15/h4-7,11,14-15H,3,8-10H2,1-2H3. The van der Waals surface area contributed by atoms with E-state index in [-0.39, 0.29) is 17.4 Å². The van der Waals surface area contributed by atoms with Gasteiger partial charge in [-0.25, -0.2) is 13.1 Å². The molecule has 0 saturated heterocycles. The summed E-state index contributed by atoms with van der Waals surface area (Å²) in [7, 11) is -3.44. The van der Waals surface area contributed by atoms with E-state index < -0.39 is 10.0 Å². The summed E-state index contributed by atoms with van der Waals surface area (Å²) < 4.78 is 31.7. The fraction of sp³-hybridized carbons (Fsp3) is 0.538. The Hall–Kier alpha value is -1.11. The van der Waals surface area contributed by atoms with Crippen molar-refractivity contribution < 1.29 is 18.3 Å². The van der Waals surface area contributed by atoms with Gasteiger partial charge in [-0.3, -0.25) is 0 Å². The maximum atomic E-state index is 11.9. The molecule has 0 aliphatic rings. The molecular weight excluding hydrogens is 266 g/mol. The molecule has 6 heteroatoms. The average Bonchev–Trinajstić information content (AvgIpc) is 2.37. The number of hydrogen-bond acceptors (Lipinski definition) is 4. The molecule has 0 spiro atoms. The highest BCUT2D eigenvalue weighted by molar-refractivity contribution is 7.89. The molecule has 0 heterocycles. The summed E-state index contributed by atoms with van der Waals surface area (Å²) >= 11 is 0. The van der Waals surface area contributed by atoms with E-state index in [0.717, 1.165) is 0 Å². The second kappa shape index (κ2) is 7.47. The molecule has 0 aliphatic carbocycles. The van der Waals surface area contributed by atoms with Gasteiger partial charge in [0.25, 0.3) is 0 Å². The molecule has 0 amide bonds. The summed E-state index contributed by atoms with van der Waals surface area (Å²) in [5.41, 5.74) is 0. The summed E-state index contributed by atoms with van der Waals surface area (Å²) in [4.78, 5) is 0.225. The van der Waals surface area contributed by atoms with Crippen LogP contribution in [-0.4, -0.2) is 33.3 Å². The zero-order chi connectivity index (χ0) is 14.3. The molecule has 1 aromatic rings. The van der Waals surface area contributed by atoms with Crippen LogP contribution in [0.1, 0.15) is 20.3 Å². The van der Waals surface area contributed by atoms with Gasteiger partial charge in [-0.05, 0) is 30.2 Å². The third-order valence-corrected chi connectivity index (χ3v) is 3.83. The van der Waals surface area contributed by atoms with E-state index in [1.165, 1.54) is 12.1 Å².